The van der Waals surface area contributed by atoms with Crippen molar-refractivity contribution < 1.29 is 30.9 Å². The highest BCUT2D eigenvalue weighted by molar-refractivity contribution is 7.98. The number of Topliss-reactive ketones (excluding diaryl/α,β-unsaturated/α-hetero) is 1. The van der Waals surface area contributed by atoms with Gasteiger partial charge < -0.3 is 4.55 Å². The van der Waals surface area contributed by atoms with E-state index in [1.807, 2.05) is 0 Å². The van der Waals surface area contributed by atoms with Crippen molar-refractivity contribution in [1.82, 2.24) is 0 Å². The van der Waals surface area contributed by atoms with Crippen molar-refractivity contribution in [3.8, 4) is 0 Å². The molecule has 0 aromatic carbocycles. The number of rotatable bonds is 2. The van der Waals surface area contributed by atoms with Gasteiger partial charge in [-0.1, -0.05) is 0 Å². The number of hydrogen-bond donors (Lipinski definition) is 0. The molecule has 110 valence electrons. The van der Waals surface area contributed by atoms with Crippen molar-refractivity contribution in [2.75, 3.05) is 12.0 Å². The van der Waals surface area contributed by atoms with Crippen LogP contribution in [0.5, 0.6) is 0 Å². The molecule has 0 fully saturated rings. The number of halogens is 3. The second-order valence-corrected chi connectivity index (χ2v) is 8.65. The molecule has 0 rings (SSSR count). The lowest BCUT2D eigenvalue weighted by Gasteiger charge is -2.16. The lowest BCUT2D eigenvalue weighted by atomic mass is 10.3. The third-order valence-electron chi connectivity index (χ3n) is 1.75. The Bertz CT molecular complexity index is 368. The van der Waals surface area contributed by atoms with Gasteiger partial charge in [0.05, 0.1) is 6.26 Å². The summed E-state index contributed by atoms with van der Waals surface area (Å²) < 4.78 is 59.2. The molecule has 1 atom stereocenters. The number of alkyl halides is 3. The quantitative estimate of drug-likeness (QED) is 0.442. The Morgan fingerprint density at radius 2 is 1.50 bits per heavy atom. The second-order valence-electron chi connectivity index (χ2n) is 4.50. The van der Waals surface area contributed by atoms with Crippen molar-refractivity contribution in [2.45, 2.75) is 38.0 Å². The molecule has 0 aliphatic carbocycles. The maximum atomic E-state index is 10.7. The average molecular weight is 310 g/mol. The predicted molar refractivity (Wildman–Crippen MR) is 64.3 cm³/mol. The first-order valence-electron chi connectivity index (χ1n) is 4.73. The van der Waals surface area contributed by atoms with Gasteiger partial charge in [0.2, 0.25) is 0 Å². The molecule has 0 saturated carbocycles. The Kier molecular flexibility index (Phi) is 7.53. The van der Waals surface area contributed by atoms with E-state index < -0.39 is 15.6 Å². The highest BCUT2D eigenvalue weighted by Gasteiger charge is 2.36. The van der Waals surface area contributed by atoms with Crippen LogP contribution in [0.15, 0.2) is 0 Å². The van der Waals surface area contributed by atoms with Gasteiger partial charge in [-0.3, -0.25) is 4.79 Å². The molecular weight excluding hydrogens is 293 g/mol. The Hall–Kier alpha value is -0.280. The first-order chi connectivity index (χ1) is 7.59. The topological polar surface area (TPSA) is 74.3 Å². The van der Waals surface area contributed by atoms with Crippen LogP contribution < -0.4 is 0 Å². The predicted octanol–water partition coefficient (Wildman–Crippen LogP) is 1.67. The first-order valence-corrected chi connectivity index (χ1v) is 7.94. The smallest absolute Gasteiger partial charge is 0.485 e. The summed E-state index contributed by atoms with van der Waals surface area (Å²) in [5.41, 5.74) is -5.65. The summed E-state index contributed by atoms with van der Waals surface area (Å²) in [6.45, 7) is 8.20. The maximum Gasteiger partial charge on any atom is 0.485 e. The van der Waals surface area contributed by atoms with Gasteiger partial charge in [-0.25, -0.2) is 8.42 Å². The summed E-state index contributed by atoms with van der Waals surface area (Å²) in [7, 11) is -5.86. The highest BCUT2D eigenvalue weighted by Crippen LogP contribution is 2.20. The van der Waals surface area contributed by atoms with E-state index in [0.717, 1.165) is 5.75 Å². The molecule has 18 heavy (non-hydrogen) atoms. The summed E-state index contributed by atoms with van der Waals surface area (Å²) >= 11 is 0. The van der Waals surface area contributed by atoms with Gasteiger partial charge in [-0.15, -0.1) is 0 Å². The molecular formula is C9H17F3O4S2. The minimum atomic E-state index is -6.09. The third-order valence-corrected chi connectivity index (χ3v) is 5.25. The zero-order valence-corrected chi connectivity index (χ0v) is 12.4. The largest absolute Gasteiger partial charge is 0.741 e. The Morgan fingerprint density at radius 1 is 1.22 bits per heavy atom. The van der Waals surface area contributed by atoms with Crippen molar-refractivity contribution in [3.05, 3.63) is 0 Å². The van der Waals surface area contributed by atoms with Crippen molar-refractivity contribution in [2.24, 2.45) is 0 Å². The molecule has 0 spiro atoms. The van der Waals surface area contributed by atoms with Crippen LogP contribution in [-0.2, 0) is 25.8 Å². The Balaban J connectivity index is 0. The van der Waals surface area contributed by atoms with E-state index in [9.17, 15) is 18.0 Å². The fourth-order valence-electron chi connectivity index (χ4n) is 0.521. The van der Waals surface area contributed by atoms with E-state index >= 15 is 0 Å². The van der Waals surface area contributed by atoms with Crippen molar-refractivity contribution in [1.29, 1.82) is 0 Å². The van der Waals surface area contributed by atoms with Crippen molar-refractivity contribution in [3.63, 3.8) is 0 Å². The van der Waals surface area contributed by atoms with Crippen LogP contribution in [0, 0.1) is 0 Å². The van der Waals surface area contributed by atoms with E-state index in [-0.39, 0.29) is 10.9 Å². The zero-order valence-electron chi connectivity index (χ0n) is 10.8. The molecule has 4 nitrogen and oxygen atoms in total. The summed E-state index contributed by atoms with van der Waals surface area (Å²) in [5, 5.41) is 0. The van der Waals surface area contributed by atoms with Crippen LogP contribution in [-0.4, -0.2) is 41.0 Å². The number of carbonyl (C=O) groups is 1. The van der Waals surface area contributed by atoms with Crippen molar-refractivity contribution >= 4 is 26.8 Å². The van der Waals surface area contributed by atoms with Gasteiger partial charge in [0, 0.05) is 0 Å². The molecule has 0 radical (unpaired) electrons. The summed E-state index contributed by atoms with van der Waals surface area (Å²) in [5.74, 6) is 1.05. The summed E-state index contributed by atoms with van der Waals surface area (Å²) in [6, 6.07) is 0. The normalized spacial score (nSPS) is 14.5. The van der Waals surface area contributed by atoms with Crippen LogP contribution in [0.3, 0.4) is 0 Å². The van der Waals surface area contributed by atoms with Crippen LogP contribution in [0.25, 0.3) is 0 Å². The SMILES string of the molecule is CC(=O)C[S+](C)C(C)(C)C.O=S(=O)([O-])C(F)(F)F. The molecule has 0 aromatic rings. The summed E-state index contributed by atoms with van der Waals surface area (Å²) in [6.07, 6.45) is 2.15. The standard InChI is InChI=1S/C8H17OS.CHF3O3S/c1-7(9)6-10(5)8(2,3)4;2-1(3,4)8(5,6)7/h6H2,1-5H3;(H,5,6,7)/q+1;/p-1. The maximum absolute atomic E-state index is 10.7. The van der Waals surface area contributed by atoms with Crippen LogP contribution in [0.2, 0.25) is 0 Å². The molecule has 9 heteroatoms. The van der Waals surface area contributed by atoms with Gasteiger partial charge in [0.1, 0.15) is 4.75 Å². The van der Waals surface area contributed by atoms with Gasteiger partial charge >= 0.3 is 5.51 Å². The van der Waals surface area contributed by atoms with E-state index in [4.69, 9.17) is 13.0 Å². The van der Waals surface area contributed by atoms with Crippen LogP contribution in [0.4, 0.5) is 13.2 Å². The molecule has 0 saturated heterocycles. The number of ketones is 1. The molecule has 1 unspecified atom stereocenters. The number of hydrogen-bond acceptors (Lipinski definition) is 4. The van der Waals surface area contributed by atoms with E-state index in [2.05, 4.69) is 27.0 Å². The zero-order chi connectivity index (χ0) is 15.4. The summed E-state index contributed by atoms with van der Waals surface area (Å²) in [4.78, 5) is 10.7. The van der Waals surface area contributed by atoms with Crippen LogP contribution in [0.1, 0.15) is 27.7 Å². The molecule has 0 bridgehead atoms. The average Bonchev–Trinajstić information content (AvgIpc) is 1.97. The minimum absolute atomic E-state index is 0.233. The Morgan fingerprint density at radius 3 is 1.56 bits per heavy atom. The fraction of sp³-hybridized carbons (Fsp3) is 0.889. The van der Waals surface area contributed by atoms with Gasteiger partial charge in [-0.2, -0.15) is 13.2 Å². The molecule has 0 N–H and O–H groups in total. The monoisotopic (exact) mass is 310 g/mol. The molecule has 0 amide bonds. The first kappa shape index (κ1) is 20.0. The minimum Gasteiger partial charge on any atom is -0.741 e. The molecule has 0 aliphatic heterocycles. The lowest BCUT2D eigenvalue weighted by Crippen LogP contribution is -2.31. The fourth-order valence-corrected chi connectivity index (χ4v) is 1.56. The van der Waals surface area contributed by atoms with E-state index in [1.165, 1.54) is 0 Å². The molecule has 0 aliphatic rings. The van der Waals surface area contributed by atoms with E-state index in [0.29, 0.717) is 10.5 Å². The van der Waals surface area contributed by atoms with Gasteiger partial charge in [0.25, 0.3) is 0 Å². The lowest BCUT2D eigenvalue weighted by molar-refractivity contribution is -0.114. The van der Waals surface area contributed by atoms with Gasteiger partial charge in [0.15, 0.2) is 21.7 Å². The molecule has 0 aromatic heterocycles. The molecule has 0 heterocycles. The second kappa shape index (κ2) is 6.76. The van der Waals surface area contributed by atoms with Gasteiger partial charge in [-0.05, 0) is 38.6 Å². The Labute approximate surface area is 108 Å². The highest BCUT2D eigenvalue weighted by atomic mass is 32.2. The third kappa shape index (κ3) is 9.72. The van der Waals surface area contributed by atoms with Crippen LogP contribution >= 0.6 is 0 Å². The number of carbonyl (C=O) groups excluding carboxylic acids is 1. The van der Waals surface area contributed by atoms with E-state index in [1.54, 1.807) is 6.92 Å².